The van der Waals surface area contributed by atoms with Crippen molar-refractivity contribution < 1.29 is 4.79 Å². The zero-order valence-electron chi connectivity index (χ0n) is 17.4. The number of pyridine rings is 1. The van der Waals surface area contributed by atoms with Gasteiger partial charge in [-0.3, -0.25) is 18.9 Å². The van der Waals surface area contributed by atoms with Gasteiger partial charge in [0.05, 0.1) is 11.3 Å². The summed E-state index contributed by atoms with van der Waals surface area (Å²) >= 11 is 1.46. The number of anilines is 1. The first-order valence-electron chi connectivity index (χ1n) is 10.9. The summed E-state index contributed by atoms with van der Waals surface area (Å²) in [5.41, 5.74) is 1.44. The van der Waals surface area contributed by atoms with Gasteiger partial charge in [-0.2, -0.15) is 0 Å². The van der Waals surface area contributed by atoms with Crippen molar-refractivity contribution in [3.8, 4) is 0 Å². The number of nitrogens with zero attached hydrogens (tertiary/aromatic N) is 6. The van der Waals surface area contributed by atoms with Crippen molar-refractivity contribution in [3.05, 3.63) is 57.6 Å². The molecule has 5 rings (SSSR count). The van der Waals surface area contributed by atoms with Crippen molar-refractivity contribution in [1.82, 2.24) is 24.2 Å². The number of thiazole rings is 1. The minimum Gasteiger partial charge on any atom is -0.356 e. The van der Waals surface area contributed by atoms with Gasteiger partial charge in [0.15, 0.2) is 4.96 Å². The first kappa shape index (κ1) is 20.1. The number of carbonyl (C=O) groups is 1. The highest BCUT2D eigenvalue weighted by molar-refractivity contribution is 7.15. The van der Waals surface area contributed by atoms with E-state index < -0.39 is 0 Å². The van der Waals surface area contributed by atoms with E-state index in [-0.39, 0.29) is 11.5 Å². The molecule has 0 bridgehead atoms. The van der Waals surface area contributed by atoms with Gasteiger partial charge >= 0.3 is 0 Å². The molecular formula is C22H26N6O2S. The van der Waals surface area contributed by atoms with Crippen LogP contribution in [0.5, 0.6) is 0 Å². The zero-order valence-corrected chi connectivity index (χ0v) is 18.3. The summed E-state index contributed by atoms with van der Waals surface area (Å²) in [7, 11) is 0. The van der Waals surface area contributed by atoms with Crippen molar-refractivity contribution in [3.63, 3.8) is 0 Å². The summed E-state index contributed by atoms with van der Waals surface area (Å²) in [5, 5.41) is 1.87. The summed E-state index contributed by atoms with van der Waals surface area (Å²) in [5.74, 6) is 0.883. The van der Waals surface area contributed by atoms with Crippen LogP contribution in [0.1, 0.15) is 35.3 Å². The van der Waals surface area contributed by atoms with Gasteiger partial charge in [-0.25, -0.2) is 9.97 Å². The third-order valence-corrected chi connectivity index (χ3v) is 6.83. The lowest BCUT2D eigenvalue weighted by molar-refractivity contribution is 0.0627. The number of piperazine rings is 1. The minimum atomic E-state index is -0.0446. The molecule has 1 amide bonds. The first-order valence-corrected chi connectivity index (χ1v) is 11.7. The fraction of sp³-hybridized carbons (Fsp3) is 0.455. The van der Waals surface area contributed by atoms with Crippen LogP contribution in [0.3, 0.4) is 0 Å². The Hall–Kier alpha value is -2.78. The van der Waals surface area contributed by atoms with E-state index in [0.29, 0.717) is 25.2 Å². The van der Waals surface area contributed by atoms with Crippen LogP contribution in [-0.4, -0.2) is 69.3 Å². The Morgan fingerprint density at radius 1 is 1.06 bits per heavy atom. The van der Waals surface area contributed by atoms with Crippen molar-refractivity contribution in [2.45, 2.75) is 25.8 Å². The highest BCUT2D eigenvalue weighted by Crippen LogP contribution is 2.23. The largest absolute Gasteiger partial charge is 0.356 e. The maximum Gasteiger partial charge on any atom is 0.258 e. The van der Waals surface area contributed by atoms with Crippen LogP contribution < -0.4 is 10.5 Å². The molecule has 3 aromatic rings. The molecule has 3 aromatic heterocycles. The smallest absolute Gasteiger partial charge is 0.258 e. The predicted octanol–water partition coefficient (Wildman–Crippen LogP) is 2.10. The Morgan fingerprint density at radius 3 is 2.68 bits per heavy atom. The number of hydrogen-bond donors (Lipinski definition) is 0. The second-order valence-electron chi connectivity index (χ2n) is 8.13. The molecule has 0 spiro atoms. The van der Waals surface area contributed by atoms with Crippen molar-refractivity contribution >= 4 is 28.0 Å². The van der Waals surface area contributed by atoms with Gasteiger partial charge in [-0.05, 0) is 31.4 Å². The number of aromatic nitrogens is 3. The predicted molar refractivity (Wildman–Crippen MR) is 121 cm³/mol. The fourth-order valence-electron chi connectivity index (χ4n) is 4.40. The lowest BCUT2D eigenvalue weighted by Gasteiger charge is -2.35. The van der Waals surface area contributed by atoms with Crippen LogP contribution in [0.25, 0.3) is 4.96 Å². The molecule has 0 saturated carbocycles. The molecule has 31 heavy (non-hydrogen) atoms. The van der Waals surface area contributed by atoms with Gasteiger partial charge in [0.1, 0.15) is 5.82 Å². The molecule has 8 nitrogen and oxygen atoms in total. The summed E-state index contributed by atoms with van der Waals surface area (Å²) in [6.45, 7) is 5.39. The molecule has 0 aromatic carbocycles. The Labute approximate surface area is 184 Å². The van der Waals surface area contributed by atoms with Gasteiger partial charge in [0.25, 0.3) is 11.5 Å². The lowest BCUT2D eigenvalue weighted by Crippen LogP contribution is -2.48. The van der Waals surface area contributed by atoms with E-state index >= 15 is 0 Å². The second kappa shape index (κ2) is 8.76. The maximum atomic E-state index is 13.3. The van der Waals surface area contributed by atoms with E-state index in [4.69, 9.17) is 0 Å². The molecule has 2 aliphatic rings. The molecule has 9 heteroatoms. The number of amides is 1. The van der Waals surface area contributed by atoms with Crippen LogP contribution in [0, 0.1) is 0 Å². The monoisotopic (exact) mass is 438 g/mol. The zero-order chi connectivity index (χ0) is 21.2. The van der Waals surface area contributed by atoms with Crippen molar-refractivity contribution in [2.24, 2.45) is 0 Å². The molecule has 2 aliphatic heterocycles. The maximum absolute atomic E-state index is 13.3. The van der Waals surface area contributed by atoms with Gasteiger partial charge < -0.3 is 9.80 Å². The molecule has 0 radical (unpaired) electrons. The van der Waals surface area contributed by atoms with Crippen LogP contribution in [-0.2, 0) is 6.54 Å². The van der Waals surface area contributed by atoms with Crippen molar-refractivity contribution in [2.75, 3.05) is 44.2 Å². The molecular weight excluding hydrogens is 412 g/mol. The quantitative estimate of drug-likeness (QED) is 0.621. The average molecular weight is 439 g/mol. The molecule has 0 aliphatic carbocycles. The first-order chi connectivity index (χ1) is 15.2. The highest BCUT2D eigenvalue weighted by Gasteiger charge is 2.26. The molecule has 0 unspecified atom stereocenters. The van der Waals surface area contributed by atoms with E-state index in [1.807, 2.05) is 22.4 Å². The summed E-state index contributed by atoms with van der Waals surface area (Å²) < 4.78 is 1.57. The fourth-order valence-corrected chi connectivity index (χ4v) is 5.14. The Bertz CT molecular complexity index is 1130. The van der Waals surface area contributed by atoms with Crippen LogP contribution in [0.2, 0.25) is 0 Å². The second-order valence-corrected chi connectivity index (χ2v) is 9.00. The summed E-state index contributed by atoms with van der Waals surface area (Å²) in [4.78, 5) is 41.8. The molecule has 162 valence electrons. The van der Waals surface area contributed by atoms with E-state index in [1.54, 1.807) is 22.9 Å². The van der Waals surface area contributed by atoms with E-state index in [9.17, 15) is 9.59 Å². The molecule has 0 N–H and O–H groups in total. The Morgan fingerprint density at radius 2 is 1.87 bits per heavy atom. The number of hydrogen-bond acceptors (Lipinski definition) is 7. The lowest BCUT2D eigenvalue weighted by atomic mass is 10.1. The summed E-state index contributed by atoms with van der Waals surface area (Å²) in [6, 6.07) is 5.36. The molecule has 0 atom stereocenters. The minimum absolute atomic E-state index is 0.0446. The highest BCUT2D eigenvalue weighted by atomic mass is 32.1. The van der Waals surface area contributed by atoms with Crippen molar-refractivity contribution in [1.29, 1.82) is 0 Å². The van der Waals surface area contributed by atoms with Crippen LogP contribution >= 0.6 is 11.3 Å². The molecule has 2 saturated heterocycles. The normalized spacial score (nSPS) is 17.9. The number of piperidine rings is 1. The average Bonchev–Trinajstić information content (AvgIpc) is 3.29. The summed E-state index contributed by atoms with van der Waals surface area (Å²) in [6.07, 6.45) is 7.07. The Kier molecular flexibility index (Phi) is 5.69. The van der Waals surface area contributed by atoms with E-state index in [1.165, 1.54) is 17.8 Å². The van der Waals surface area contributed by atoms with Crippen LogP contribution in [0.15, 0.2) is 40.8 Å². The molecule has 5 heterocycles. The van der Waals surface area contributed by atoms with Gasteiger partial charge in [0, 0.05) is 69.7 Å². The molecule has 2 fully saturated rings. The number of rotatable bonds is 4. The van der Waals surface area contributed by atoms with Crippen LogP contribution in [0.4, 0.5) is 5.82 Å². The number of carbonyl (C=O) groups excluding carboxylic acids is 1. The number of fused-ring (bicyclic) bond motifs is 1. The van der Waals surface area contributed by atoms with E-state index in [2.05, 4.69) is 19.8 Å². The standard InChI is InChI=1S/C22H26N6O2S/c29-19-15-17(24-22-28(19)13-14-31-22)16-25-9-11-27(12-10-25)21(30)18-5-4-6-23-20(18)26-7-2-1-3-8-26/h4-6,13-15H,1-3,7-12,16H2. The van der Waals surface area contributed by atoms with E-state index in [0.717, 1.165) is 55.5 Å². The SMILES string of the molecule is O=C(c1cccnc1N1CCCCC1)N1CCN(Cc2cc(=O)n3ccsc3n2)CC1. The third kappa shape index (κ3) is 4.20. The van der Waals surface area contributed by atoms with Gasteiger partial charge in [0.2, 0.25) is 0 Å². The van der Waals surface area contributed by atoms with Gasteiger partial charge in [-0.15, -0.1) is 11.3 Å². The Balaban J connectivity index is 1.24. The third-order valence-electron chi connectivity index (χ3n) is 6.07. The van der Waals surface area contributed by atoms with Gasteiger partial charge in [-0.1, -0.05) is 0 Å². The topological polar surface area (TPSA) is 74.1 Å².